The van der Waals surface area contributed by atoms with Crippen LogP contribution in [0.4, 0.5) is 5.69 Å². The number of carbonyl (C=O) groups is 2. The lowest BCUT2D eigenvalue weighted by Crippen LogP contribution is -2.20. The number of benzene rings is 2. The molecule has 0 unspecified atom stereocenters. The fourth-order valence-corrected chi connectivity index (χ4v) is 2.43. The molecule has 0 radical (unpaired) electrons. The molecule has 0 bridgehead atoms. The predicted octanol–water partition coefficient (Wildman–Crippen LogP) is 3.60. The van der Waals surface area contributed by atoms with E-state index in [0.29, 0.717) is 17.9 Å². The Balaban J connectivity index is 1.91. The molecule has 0 saturated carbocycles. The Morgan fingerprint density at radius 3 is 2.67 bits per heavy atom. The number of hydrogen-bond acceptors (Lipinski definition) is 5. The summed E-state index contributed by atoms with van der Waals surface area (Å²) in [5.41, 5.74) is 1.11. The molecule has 0 aliphatic carbocycles. The molecule has 2 aromatic carbocycles. The lowest BCUT2D eigenvalue weighted by Gasteiger charge is -2.09. The number of ether oxygens (including phenoxy) is 2. The molecule has 6 heteroatoms. The first-order valence-corrected chi connectivity index (χ1v) is 8.68. The Kier molecular flexibility index (Phi) is 6.69. The molecular formula is C18H19NO4S. The van der Waals surface area contributed by atoms with E-state index in [9.17, 15) is 9.59 Å². The number of anilines is 1. The fourth-order valence-electron chi connectivity index (χ4n) is 1.97. The number of nitrogens with one attached hydrogen (secondary N) is 1. The van der Waals surface area contributed by atoms with Crippen molar-refractivity contribution in [2.75, 3.05) is 24.8 Å². The highest BCUT2D eigenvalue weighted by Gasteiger charge is 2.09. The number of esters is 1. The topological polar surface area (TPSA) is 64.6 Å². The lowest BCUT2D eigenvalue weighted by molar-refractivity contribution is -0.118. The van der Waals surface area contributed by atoms with Crippen LogP contribution in [0.3, 0.4) is 0 Å². The van der Waals surface area contributed by atoms with Crippen molar-refractivity contribution in [1.29, 1.82) is 0 Å². The highest BCUT2D eigenvalue weighted by molar-refractivity contribution is 7.98. The third-order valence-electron chi connectivity index (χ3n) is 3.07. The van der Waals surface area contributed by atoms with Crippen LogP contribution in [0.5, 0.6) is 5.75 Å². The molecule has 0 spiro atoms. The summed E-state index contributed by atoms with van der Waals surface area (Å²) < 4.78 is 10.4. The Morgan fingerprint density at radius 1 is 1.12 bits per heavy atom. The fraction of sp³-hybridized carbons (Fsp3) is 0.222. The van der Waals surface area contributed by atoms with Crippen molar-refractivity contribution in [3.05, 3.63) is 54.1 Å². The molecule has 1 amide bonds. The first-order valence-electron chi connectivity index (χ1n) is 7.46. The molecule has 0 aromatic heterocycles. The molecule has 1 N–H and O–H groups in total. The van der Waals surface area contributed by atoms with Crippen LogP contribution in [0.2, 0.25) is 0 Å². The highest BCUT2D eigenvalue weighted by atomic mass is 32.2. The van der Waals surface area contributed by atoms with Gasteiger partial charge in [0.2, 0.25) is 0 Å². The lowest BCUT2D eigenvalue weighted by atomic mass is 10.2. The van der Waals surface area contributed by atoms with Crippen LogP contribution in [0, 0.1) is 0 Å². The van der Waals surface area contributed by atoms with Crippen LogP contribution in [0.25, 0.3) is 0 Å². The van der Waals surface area contributed by atoms with Crippen molar-refractivity contribution in [3.63, 3.8) is 0 Å². The molecule has 0 fully saturated rings. The van der Waals surface area contributed by atoms with Gasteiger partial charge in [0.25, 0.3) is 5.91 Å². The van der Waals surface area contributed by atoms with E-state index in [1.54, 1.807) is 43.0 Å². The van der Waals surface area contributed by atoms with Gasteiger partial charge in [-0.1, -0.05) is 12.1 Å². The second-order valence-electron chi connectivity index (χ2n) is 4.82. The Labute approximate surface area is 145 Å². The van der Waals surface area contributed by atoms with E-state index < -0.39 is 5.97 Å². The number of amides is 1. The second kappa shape index (κ2) is 8.98. The SMILES string of the molecule is CCOC(=O)c1cccc(OCC(=O)Nc2cccc(SC)c2)c1. The van der Waals surface area contributed by atoms with Gasteiger partial charge in [0.15, 0.2) is 6.61 Å². The standard InChI is InChI=1S/C18H19NO4S/c1-3-22-18(21)13-6-4-8-15(10-13)23-12-17(20)19-14-7-5-9-16(11-14)24-2/h4-11H,3,12H2,1-2H3,(H,19,20). The van der Waals surface area contributed by atoms with Crippen molar-refractivity contribution in [2.45, 2.75) is 11.8 Å². The molecule has 0 aliphatic heterocycles. The maximum Gasteiger partial charge on any atom is 0.338 e. The molecule has 0 aliphatic rings. The molecule has 0 atom stereocenters. The normalized spacial score (nSPS) is 10.1. The Hall–Kier alpha value is -2.47. The summed E-state index contributed by atoms with van der Waals surface area (Å²) in [6.07, 6.45) is 1.97. The van der Waals surface area contributed by atoms with E-state index in [4.69, 9.17) is 9.47 Å². The summed E-state index contributed by atoms with van der Waals surface area (Å²) in [6, 6.07) is 14.1. The smallest absolute Gasteiger partial charge is 0.338 e. The molecular weight excluding hydrogens is 326 g/mol. The maximum atomic E-state index is 12.0. The zero-order chi connectivity index (χ0) is 17.4. The highest BCUT2D eigenvalue weighted by Crippen LogP contribution is 2.19. The van der Waals surface area contributed by atoms with Gasteiger partial charge in [-0.25, -0.2) is 4.79 Å². The third-order valence-corrected chi connectivity index (χ3v) is 3.79. The van der Waals surface area contributed by atoms with Crippen molar-refractivity contribution in [1.82, 2.24) is 0 Å². The monoisotopic (exact) mass is 345 g/mol. The molecule has 2 aromatic rings. The molecule has 0 heterocycles. The first kappa shape index (κ1) is 17.9. The van der Waals surface area contributed by atoms with Crippen LogP contribution in [-0.2, 0) is 9.53 Å². The van der Waals surface area contributed by atoms with Crippen LogP contribution in [0.15, 0.2) is 53.4 Å². The summed E-state index contributed by atoms with van der Waals surface area (Å²) in [5, 5.41) is 2.78. The van der Waals surface area contributed by atoms with Crippen LogP contribution in [0.1, 0.15) is 17.3 Å². The van der Waals surface area contributed by atoms with Gasteiger partial charge in [-0.2, -0.15) is 0 Å². The minimum absolute atomic E-state index is 0.143. The molecule has 0 saturated heterocycles. The molecule has 24 heavy (non-hydrogen) atoms. The van der Waals surface area contributed by atoms with E-state index in [1.807, 2.05) is 30.5 Å². The van der Waals surface area contributed by atoms with Gasteiger partial charge in [0, 0.05) is 10.6 Å². The Morgan fingerprint density at radius 2 is 1.92 bits per heavy atom. The summed E-state index contributed by atoms with van der Waals surface area (Å²) in [6.45, 7) is 1.91. The summed E-state index contributed by atoms with van der Waals surface area (Å²) in [7, 11) is 0. The largest absolute Gasteiger partial charge is 0.484 e. The maximum absolute atomic E-state index is 12.0. The predicted molar refractivity (Wildman–Crippen MR) is 94.7 cm³/mol. The van der Waals surface area contributed by atoms with Gasteiger partial charge in [-0.3, -0.25) is 4.79 Å². The first-order chi connectivity index (χ1) is 11.6. The molecule has 5 nitrogen and oxygen atoms in total. The average molecular weight is 345 g/mol. The van der Waals surface area contributed by atoms with E-state index >= 15 is 0 Å². The van der Waals surface area contributed by atoms with Gasteiger partial charge in [0.05, 0.1) is 12.2 Å². The Bertz CT molecular complexity index is 718. The zero-order valence-corrected chi connectivity index (χ0v) is 14.4. The zero-order valence-electron chi connectivity index (χ0n) is 13.6. The minimum atomic E-state index is -0.415. The number of rotatable bonds is 7. The van der Waals surface area contributed by atoms with Crippen molar-refractivity contribution in [2.24, 2.45) is 0 Å². The summed E-state index contributed by atoms with van der Waals surface area (Å²) >= 11 is 1.60. The van der Waals surface area contributed by atoms with E-state index in [2.05, 4.69) is 5.32 Å². The minimum Gasteiger partial charge on any atom is -0.484 e. The van der Waals surface area contributed by atoms with Crippen LogP contribution >= 0.6 is 11.8 Å². The average Bonchev–Trinajstić information content (AvgIpc) is 2.60. The van der Waals surface area contributed by atoms with Crippen LogP contribution in [-0.4, -0.2) is 31.3 Å². The second-order valence-corrected chi connectivity index (χ2v) is 5.70. The molecule has 126 valence electrons. The van der Waals surface area contributed by atoms with Crippen LogP contribution < -0.4 is 10.1 Å². The third kappa shape index (κ3) is 5.31. The number of hydrogen-bond donors (Lipinski definition) is 1. The van der Waals surface area contributed by atoms with Crippen molar-refractivity contribution < 1.29 is 19.1 Å². The van der Waals surface area contributed by atoms with E-state index in [-0.39, 0.29) is 12.5 Å². The quantitative estimate of drug-likeness (QED) is 0.613. The van der Waals surface area contributed by atoms with E-state index in [0.717, 1.165) is 10.6 Å². The molecule has 2 rings (SSSR count). The van der Waals surface area contributed by atoms with Gasteiger partial charge in [-0.15, -0.1) is 11.8 Å². The number of carbonyl (C=O) groups excluding carboxylic acids is 2. The van der Waals surface area contributed by atoms with Gasteiger partial charge < -0.3 is 14.8 Å². The van der Waals surface area contributed by atoms with Crippen molar-refractivity contribution in [3.8, 4) is 5.75 Å². The number of thioether (sulfide) groups is 1. The van der Waals surface area contributed by atoms with Crippen molar-refractivity contribution >= 4 is 29.3 Å². The summed E-state index contributed by atoms with van der Waals surface area (Å²) in [4.78, 5) is 24.7. The van der Waals surface area contributed by atoms with Gasteiger partial charge in [0.1, 0.15) is 5.75 Å². The summed E-state index contributed by atoms with van der Waals surface area (Å²) in [5.74, 6) is -0.246. The van der Waals surface area contributed by atoms with Gasteiger partial charge in [-0.05, 0) is 49.6 Å². The van der Waals surface area contributed by atoms with Gasteiger partial charge >= 0.3 is 5.97 Å². The van der Waals surface area contributed by atoms with E-state index in [1.165, 1.54) is 0 Å².